The highest BCUT2D eigenvalue weighted by Crippen LogP contribution is 2.47. The summed E-state index contributed by atoms with van der Waals surface area (Å²) in [5.74, 6) is -0.488. The Bertz CT molecular complexity index is 1110. The van der Waals surface area contributed by atoms with Crippen molar-refractivity contribution in [3.8, 4) is 0 Å². The van der Waals surface area contributed by atoms with Crippen LogP contribution in [0.3, 0.4) is 0 Å². The Morgan fingerprint density at radius 2 is 1.05 bits per heavy atom. The van der Waals surface area contributed by atoms with Crippen molar-refractivity contribution < 1.29 is 58.3 Å². The molecule has 1 saturated carbocycles. The van der Waals surface area contributed by atoms with Gasteiger partial charge in [0.1, 0.15) is 42.7 Å². The van der Waals surface area contributed by atoms with Crippen LogP contribution < -0.4 is 0 Å². The average molecular weight is 817 g/mol. The van der Waals surface area contributed by atoms with Crippen LogP contribution in [-0.2, 0) is 27.9 Å². The SMILES string of the molecule is CC/C=C\C/C=C\C/C=C\C/C=C\CCCCCCCCCCCOCC(COP(=O)(O)OC1C(O)C(O)C(O)C(O)C1O)OC(=O)CCCCCCCCC. The Labute approximate surface area is 337 Å². The lowest BCUT2D eigenvalue weighted by Crippen LogP contribution is -2.64. The highest BCUT2D eigenvalue weighted by Gasteiger charge is 2.51. The van der Waals surface area contributed by atoms with Crippen LogP contribution >= 0.6 is 7.82 Å². The number of carbonyl (C=O) groups is 1. The summed E-state index contributed by atoms with van der Waals surface area (Å²) in [5.41, 5.74) is 0. The van der Waals surface area contributed by atoms with Crippen LogP contribution in [0.15, 0.2) is 48.6 Å². The van der Waals surface area contributed by atoms with Gasteiger partial charge in [0.15, 0.2) is 0 Å². The third-order valence-corrected chi connectivity index (χ3v) is 10.7. The molecular formula is C43H77O12P. The van der Waals surface area contributed by atoms with E-state index >= 15 is 0 Å². The van der Waals surface area contributed by atoms with E-state index in [1.54, 1.807) is 0 Å². The number of esters is 1. The summed E-state index contributed by atoms with van der Waals surface area (Å²) in [5, 5.41) is 50.0. The van der Waals surface area contributed by atoms with Crippen LogP contribution in [0.25, 0.3) is 0 Å². The van der Waals surface area contributed by atoms with Crippen LogP contribution in [0.5, 0.6) is 0 Å². The van der Waals surface area contributed by atoms with Gasteiger partial charge in [-0.2, -0.15) is 0 Å². The molecule has 6 unspecified atom stereocenters. The molecule has 0 amide bonds. The van der Waals surface area contributed by atoms with Gasteiger partial charge in [0.05, 0.1) is 13.2 Å². The molecule has 1 aliphatic carbocycles. The van der Waals surface area contributed by atoms with Crippen LogP contribution in [-0.4, -0.2) is 98.9 Å². The zero-order chi connectivity index (χ0) is 41.3. The van der Waals surface area contributed by atoms with Gasteiger partial charge in [-0.15, -0.1) is 0 Å². The molecule has 0 aromatic heterocycles. The van der Waals surface area contributed by atoms with E-state index in [4.69, 9.17) is 18.5 Å². The zero-order valence-corrected chi connectivity index (χ0v) is 35.3. The zero-order valence-electron chi connectivity index (χ0n) is 34.4. The van der Waals surface area contributed by atoms with E-state index in [9.17, 15) is 39.8 Å². The Morgan fingerprint density at radius 3 is 1.61 bits per heavy atom. The van der Waals surface area contributed by atoms with E-state index in [0.717, 1.165) is 83.5 Å². The molecule has 0 aliphatic heterocycles. The summed E-state index contributed by atoms with van der Waals surface area (Å²) in [7, 11) is -5.01. The normalized spacial score (nSPS) is 23.5. The van der Waals surface area contributed by atoms with E-state index in [0.29, 0.717) is 13.0 Å². The number of hydrogen-bond donors (Lipinski definition) is 6. The largest absolute Gasteiger partial charge is 0.472 e. The number of aliphatic hydroxyl groups is 5. The molecule has 1 aliphatic rings. The third kappa shape index (κ3) is 26.3. The molecule has 56 heavy (non-hydrogen) atoms. The maximum absolute atomic E-state index is 12.7. The van der Waals surface area contributed by atoms with Gasteiger partial charge in [0.2, 0.25) is 0 Å². The van der Waals surface area contributed by atoms with Crippen molar-refractivity contribution in [1.29, 1.82) is 0 Å². The van der Waals surface area contributed by atoms with Crippen molar-refractivity contribution in [1.82, 2.24) is 0 Å². The fraction of sp³-hybridized carbons (Fsp3) is 0.791. The number of ether oxygens (including phenoxy) is 2. The molecule has 0 aromatic carbocycles. The van der Waals surface area contributed by atoms with Gasteiger partial charge in [-0.05, 0) is 51.4 Å². The van der Waals surface area contributed by atoms with Crippen molar-refractivity contribution in [2.24, 2.45) is 0 Å². The molecule has 6 atom stereocenters. The van der Waals surface area contributed by atoms with Crippen molar-refractivity contribution in [3.05, 3.63) is 48.6 Å². The lowest BCUT2D eigenvalue weighted by Gasteiger charge is -2.41. The van der Waals surface area contributed by atoms with Crippen LogP contribution in [0.1, 0.15) is 155 Å². The molecule has 0 saturated heterocycles. The number of unbranched alkanes of at least 4 members (excludes halogenated alkanes) is 15. The molecule has 0 bridgehead atoms. The van der Waals surface area contributed by atoms with Gasteiger partial charge in [0, 0.05) is 13.0 Å². The van der Waals surface area contributed by atoms with E-state index in [-0.39, 0.29) is 13.0 Å². The second-order valence-corrected chi connectivity index (χ2v) is 16.2. The summed E-state index contributed by atoms with van der Waals surface area (Å²) in [6.45, 7) is 4.06. The Kier molecular flexibility index (Phi) is 31.9. The quantitative estimate of drug-likeness (QED) is 0.0156. The summed E-state index contributed by atoms with van der Waals surface area (Å²) in [6, 6.07) is 0. The molecule has 6 N–H and O–H groups in total. The first-order valence-electron chi connectivity index (χ1n) is 21.5. The fourth-order valence-electron chi connectivity index (χ4n) is 6.29. The summed E-state index contributed by atoms with van der Waals surface area (Å²) < 4.78 is 34.0. The van der Waals surface area contributed by atoms with Crippen molar-refractivity contribution in [2.45, 2.75) is 198 Å². The van der Waals surface area contributed by atoms with Crippen molar-refractivity contribution in [3.63, 3.8) is 0 Å². The maximum atomic E-state index is 12.7. The number of hydrogen-bond acceptors (Lipinski definition) is 11. The predicted octanol–water partition coefficient (Wildman–Crippen LogP) is 8.08. The highest BCUT2D eigenvalue weighted by atomic mass is 31.2. The minimum absolute atomic E-state index is 0.0814. The second kappa shape index (κ2) is 34.2. The Balaban J connectivity index is 2.31. The Hall–Kier alpha value is -1.70. The fourth-order valence-corrected chi connectivity index (χ4v) is 7.26. The van der Waals surface area contributed by atoms with Gasteiger partial charge < -0.3 is 39.9 Å². The summed E-state index contributed by atoms with van der Waals surface area (Å²) in [6.07, 6.45) is 27.9. The topological polar surface area (TPSA) is 192 Å². The molecule has 13 heteroatoms. The third-order valence-electron chi connectivity index (χ3n) is 9.72. The van der Waals surface area contributed by atoms with E-state index < -0.39 is 63.1 Å². The number of allylic oxidation sites excluding steroid dienone is 8. The molecule has 326 valence electrons. The van der Waals surface area contributed by atoms with E-state index in [1.165, 1.54) is 44.9 Å². The highest BCUT2D eigenvalue weighted by molar-refractivity contribution is 7.47. The average Bonchev–Trinajstić information content (AvgIpc) is 3.18. The second-order valence-electron chi connectivity index (χ2n) is 14.8. The molecule has 12 nitrogen and oxygen atoms in total. The first-order chi connectivity index (χ1) is 27.0. The van der Waals surface area contributed by atoms with E-state index in [1.807, 2.05) is 0 Å². The Morgan fingerprint density at radius 1 is 0.589 bits per heavy atom. The number of phosphoric ester groups is 1. The number of aliphatic hydroxyl groups excluding tert-OH is 5. The number of rotatable bonds is 35. The smallest absolute Gasteiger partial charge is 0.457 e. The van der Waals surface area contributed by atoms with Gasteiger partial charge >= 0.3 is 13.8 Å². The van der Waals surface area contributed by atoms with Gasteiger partial charge in [-0.25, -0.2) is 4.57 Å². The van der Waals surface area contributed by atoms with Crippen LogP contribution in [0.4, 0.5) is 0 Å². The molecule has 0 aromatic rings. The minimum atomic E-state index is -5.01. The molecule has 0 radical (unpaired) electrons. The van der Waals surface area contributed by atoms with Crippen molar-refractivity contribution in [2.75, 3.05) is 19.8 Å². The molecule has 1 fully saturated rings. The van der Waals surface area contributed by atoms with E-state index in [2.05, 4.69) is 62.5 Å². The predicted molar refractivity (Wildman–Crippen MR) is 221 cm³/mol. The number of carbonyl (C=O) groups excluding carboxylic acids is 1. The first-order valence-corrected chi connectivity index (χ1v) is 23.0. The molecule has 1 rings (SSSR count). The molecule has 0 spiro atoms. The molecular weight excluding hydrogens is 739 g/mol. The van der Waals surface area contributed by atoms with Gasteiger partial charge in [-0.1, -0.05) is 146 Å². The van der Waals surface area contributed by atoms with Crippen molar-refractivity contribution >= 4 is 13.8 Å². The summed E-state index contributed by atoms with van der Waals surface area (Å²) >= 11 is 0. The monoisotopic (exact) mass is 817 g/mol. The van der Waals surface area contributed by atoms with Crippen LogP contribution in [0.2, 0.25) is 0 Å². The first kappa shape index (κ1) is 52.3. The number of phosphoric acid groups is 1. The van der Waals surface area contributed by atoms with Crippen LogP contribution in [0, 0.1) is 0 Å². The van der Waals surface area contributed by atoms with Gasteiger partial charge in [0.25, 0.3) is 0 Å². The lowest BCUT2D eigenvalue weighted by atomic mass is 9.85. The van der Waals surface area contributed by atoms with Gasteiger partial charge in [-0.3, -0.25) is 13.8 Å². The minimum Gasteiger partial charge on any atom is -0.457 e. The maximum Gasteiger partial charge on any atom is 0.472 e. The molecule has 0 heterocycles. The standard InChI is InChI=1S/C43H77O12P/c1-3-5-7-9-11-12-13-14-15-16-17-18-19-20-21-22-23-24-25-27-29-31-33-52-34-36(54-37(44)32-30-28-26-10-8-6-4-2)35-53-56(50,51)55-43-41(48)39(46)38(45)40(47)42(43)49/h5,7,11-12,14-15,17-18,36,38-43,45-49H,3-4,6,8-10,13,16,19-35H2,1-2H3,(H,50,51)/b7-5-,12-11-,15-14-,18-17-. The lowest BCUT2D eigenvalue weighted by molar-refractivity contribution is -0.220. The summed E-state index contributed by atoms with van der Waals surface area (Å²) in [4.78, 5) is 22.9.